The van der Waals surface area contributed by atoms with Gasteiger partial charge in [-0.3, -0.25) is 9.59 Å². The van der Waals surface area contributed by atoms with E-state index < -0.39 is 17.8 Å². The number of carboxylic acids is 1. The van der Waals surface area contributed by atoms with Crippen LogP contribution >= 0.6 is 11.6 Å². The number of carbonyl (C=O) groups is 3. The Balaban J connectivity index is 1.45. The maximum absolute atomic E-state index is 13.9. The number of carbonyl (C=O) groups excluding carboxylic acids is 2. The molecule has 2 amide bonds. The summed E-state index contributed by atoms with van der Waals surface area (Å²) in [7, 11) is 1.53. The van der Waals surface area contributed by atoms with Crippen LogP contribution in [-0.4, -0.2) is 43.3 Å². The number of nitrogens with one attached hydrogen (secondary N) is 1. The highest BCUT2D eigenvalue weighted by atomic mass is 35.5. The number of halogens is 1. The molecule has 4 aromatic rings. The zero-order chi connectivity index (χ0) is 29.6. The number of anilines is 2. The number of ether oxygens (including phenoxy) is 2. The van der Waals surface area contributed by atoms with Crippen molar-refractivity contribution < 1.29 is 29.0 Å². The first kappa shape index (κ1) is 29.0. The van der Waals surface area contributed by atoms with Crippen molar-refractivity contribution in [3.8, 4) is 11.1 Å². The first-order valence-corrected chi connectivity index (χ1v) is 13.8. The van der Waals surface area contributed by atoms with E-state index >= 15 is 0 Å². The monoisotopic (exact) mass is 584 g/mol. The minimum atomic E-state index is -1.29. The van der Waals surface area contributed by atoms with E-state index in [0.29, 0.717) is 35.7 Å². The molecule has 1 aliphatic rings. The van der Waals surface area contributed by atoms with Crippen molar-refractivity contribution >= 4 is 40.8 Å². The highest BCUT2D eigenvalue weighted by Gasteiger charge is 2.30. The number of benzene rings is 4. The fraction of sp³-hybridized carbons (Fsp3) is 0.182. The summed E-state index contributed by atoms with van der Waals surface area (Å²) in [6, 6.07) is 26.1. The van der Waals surface area contributed by atoms with Gasteiger partial charge < -0.3 is 24.8 Å². The van der Waals surface area contributed by atoms with Crippen LogP contribution in [0.25, 0.3) is 11.1 Å². The summed E-state index contributed by atoms with van der Waals surface area (Å²) in [6.45, 7) is 0.435. The van der Waals surface area contributed by atoms with Crippen LogP contribution in [0.4, 0.5) is 11.4 Å². The van der Waals surface area contributed by atoms with Crippen LogP contribution in [0.2, 0.25) is 5.02 Å². The molecule has 2 N–H and O–H groups in total. The minimum absolute atomic E-state index is 0.00217. The molecular weight excluding hydrogens is 556 g/mol. The summed E-state index contributed by atoms with van der Waals surface area (Å²) >= 11 is 6.29. The molecule has 1 atom stereocenters. The molecule has 0 saturated heterocycles. The van der Waals surface area contributed by atoms with E-state index in [9.17, 15) is 19.5 Å². The summed E-state index contributed by atoms with van der Waals surface area (Å²) in [4.78, 5) is 41.1. The van der Waals surface area contributed by atoms with Gasteiger partial charge in [-0.2, -0.15) is 0 Å². The smallest absolute Gasteiger partial charge is 0.336 e. The summed E-state index contributed by atoms with van der Waals surface area (Å²) in [5.74, 6) is -2.16. The van der Waals surface area contributed by atoms with Gasteiger partial charge in [0, 0.05) is 41.2 Å². The molecule has 9 heteroatoms. The van der Waals surface area contributed by atoms with E-state index in [4.69, 9.17) is 21.1 Å². The van der Waals surface area contributed by atoms with Crippen molar-refractivity contribution in [3.05, 3.63) is 118 Å². The van der Waals surface area contributed by atoms with Gasteiger partial charge in [0.05, 0.1) is 17.2 Å². The summed E-state index contributed by atoms with van der Waals surface area (Å²) in [5.41, 5.74) is 3.41. The second kappa shape index (κ2) is 13.0. The van der Waals surface area contributed by atoms with Crippen LogP contribution in [-0.2, 0) is 9.47 Å². The molecule has 42 heavy (non-hydrogen) atoms. The third-order valence-electron chi connectivity index (χ3n) is 7.10. The number of carboxylic acid groups (broad SMARTS) is 1. The van der Waals surface area contributed by atoms with Gasteiger partial charge in [0.25, 0.3) is 11.8 Å². The number of fused-ring (bicyclic) bond motifs is 1. The van der Waals surface area contributed by atoms with Crippen molar-refractivity contribution in [2.75, 3.05) is 30.7 Å². The average molecular weight is 585 g/mol. The summed E-state index contributed by atoms with van der Waals surface area (Å²) < 4.78 is 10.9. The molecule has 1 heterocycles. The Bertz CT molecular complexity index is 1620. The lowest BCUT2D eigenvalue weighted by Crippen LogP contribution is -2.33. The fourth-order valence-corrected chi connectivity index (χ4v) is 5.33. The maximum atomic E-state index is 13.9. The summed E-state index contributed by atoms with van der Waals surface area (Å²) in [6.07, 6.45) is 0.901. The molecule has 1 aliphatic heterocycles. The van der Waals surface area contributed by atoms with Gasteiger partial charge in [-0.05, 0) is 66.4 Å². The molecule has 0 fully saturated rings. The first-order valence-electron chi connectivity index (χ1n) is 13.4. The molecule has 0 aromatic heterocycles. The van der Waals surface area contributed by atoms with Gasteiger partial charge >= 0.3 is 5.97 Å². The maximum Gasteiger partial charge on any atom is 0.336 e. The molecule has 1 unspecified atom stereocenters. The lowest BCUT2D eigenvalue weighted by molar-refractivity contribution is -0.0753. The third-order valence-corrected chi connectivity index (χ3v) is 7.34. The molecule has 0 aliphatic carbocycles. The quantitative estimate of drug-likeness (QED) is 0.215. The Hall–Kier alpha value is -4.50. The number of amides is 2. The normalized spacial score (nSPS) is 14.5. The Morgan fingerprint density at radius 2 is 1.69 bits per heavy atom. The van der Waals surface area contributed by atoms with Gasteiger partial charge in [0.2, 0.25) is 0 Å². The van der Waals surface area contributed by atoms with E-state index in [-0.39, 0.29) is 29.7 Å². The fourth-order valence-electron chi connectivity index (χ4n) is 5.15. The lowest BCUT2D eigenvalue weighted by Gasteiger charge is -2.25. The molecule has 4 aromatic carbocycles. The van der Waals surface area contributed by atoms with E-state index in [1.54, 1.807) is 35.2 Å². The summed E-state index contributed by atoms with van der Waals surface area (Å²) in [5, 5.41) is 13.4. The molecule has 5 rings (SSSR count). The van der Waals surface area contributed by atoms with Gasteiger partial charge in [0.1, 0.15) is 6.79 Å². The first-order chi connectivity index (χ1) is 20.4. The zero-order valence-electron chi connectivity index (χ0n) is 22.9. The lowest BCUT2D eigenvalue weighted by atomic mass is 9.99. The highest BCUT2D eigenvalue weighted by Crippen LogP contribution is 2.38. The van der Waals surface area contributed by atoms with Crippen molar-refractivity contribution in [2.45, 2.75) is 18.9 Å². The predicted octanol–water partition coefficient (Wildman–Crippen LogP) is 7.06. The van der Waals surface area contributed by atoms with E-state index in [1.807, 2.05) is 42.5 Å². The van der Waals surface area contributed by atoms with Gasteiger partial charge in [-0.15, -0.1) is 0 Å². The predicted molar refractivity (Wildman–Crippen MR) is 161 cm³/mol. The Morgan fingerprint density at radius 1 is 0.929 bits per heavy atom. The number of methoxy groups -OCH3 is 1. The molecule has 8 nitrogen and oxygen atoms in total. The van der Waals surface area contributed by atoms with Crippen molar-refractivity contribution in [2.24, 2.45) is 0 Å². The SMILES string of the molecule is COCOC1CCCN(C(=O)c2ccc(NC(=O)c3ccccc3-c3ccccc3)cc2C(=O)O)c2ccc(Cl)cc21. The molecular formula is C33H29ClN2O6. The Morgan fingerprint density at radius 3 is 2.45 bits per heavy atom. The van der Waals surface area contributed by atoms with Crippen LogP contribution in [0.5, 0.6) is 0 Å². The standard InChI is InChI=1S/C33H29ClN2O6/c1-41-20-42-30-12-7-17-36(29-16-13-22(34)18-28(29)30)32(38)26-15-14-23(19-27(26)33(39)40)35-31(37)25-11-6-5-10-24(25)21-8-3-2-4-9-21/h2-6,8-11,13-16,18-19,30H,7,12,17,20H2,1H3,(H,35,37)(H,39,40). The number of rotatable bonds is 8. The topological polar surface area (TPSA) is 105 Å². The van der Waals surface area contributed by atoms with Crippen LogP contribution in [0.1, 0.15) is 55.6 Å². The molecule has 0 saturated carbocycles. The third kappa shape index (κ3) is 6.21. The highest BCUT2D eigenvalue weighted by molar-refractivity contribution is 6.30. The van der Waals surface area contributed by atoms with Crippen LogP contribution < -0.4 is 10.2 Å². The number of nitrogens with zero attached hydrogens (tertiary/aromatic N) is 1. The zero-order valence-corrected chi connectivity index (χ0v) is 23.6. The van der Waals surface area contributed by atoms with E-state index in [2.05, 4.69) is 5.32 Å². The minimum Gasteiger partial charge on any atom is -0.478 e. The Labute approximate surface area is 248 Å². The second-order valence-corrected chi connectivity index (χ2v) is 10.2. The van der Waals surface area contributed by atoms with Crippen LogP contribution in [0, 0.1) is 0 Å². The number of aromatic carboxylic acids is 1. The largest absolute Gasteiger partial charge is 0.478 e. The van der Waals surface area contributed by atoms with Crippen LogP contribution in [0.3, 0.4) is 0 Å². The van der Waals surface area contributed by atoms with Gasteiger partial charge in [0.15, 0.2) is 0 Å². The van der Waals surface area contributed by atoms with Crippen molar-refractivity contribution in [1.82, 2.24) is 0 Å². The van der Waals surface area contributed by atoms with Gasteiger partial charge in [-0.1, -0.05) is 60.1 Å². The molecule has 0 spiro atoms. The van der Waals surface area contributed by atoms with E-state index in [1.165, 1.54) is 25.3 Å². The number of hydrogen-bond donors (Lipinski definition) is 2. The Kier molecular flexibility index (Phi) is 8.97. The van der Waals surface area contributed by atoms with Crippen LogP contribution in [0.15, 0.2) is 91.0 Å². The molecule has 0 radical (unpaired) electrons. The average Bonchev–Trinajstić information content (AvgIpc) is 3.19. The van der Waals surface area contributed by atoms with Gasteiger partial charge in [-0.25, -0.2) is 4.79 Å². The molecule has 0 bridgehead atoms. The molecule has 214 valence electrons. The van der Waals surface area contributed by atoms with Crippen molar-refractivity contribution in [1.29, 1.82) is 0 Å². The number of hydrogen-bond acceptors (Lipinski definition) is 5. The van der Waals surface area contributed by atoms with E-state index in [0.717, 1.165) is 16.7 Å². The second-order valence-electron chi connectivity index (χ2n) is 9.80. The van der Waals surface area contributed by atoms with Crippen molar-refractivity contribution in [3.63, 3.8) is 0 Å².